The second-order valence-corrected chi connectivity index (χ2v) is 10.6. The summed E-state index contributed by atoms with van der Waals surface area (Å²) in [6, 6.07) is 18.4. The van der Waals surface area contributed by atoms with Gasteiger partial charge in [-0.3, -0.25) is 5.01 Å². The lowest BCUT2D eigenvalue weighted by Crippen LogP contribution is -2.29. The summed E-state index contributed by atoms with van der Waals surface area (Å²) in [4.78, 5) is 0.132. The van der Waals surface area contributed by atoms with E-state index in [4.69, 9.17) is 46.4 Å². The number of rotatable bonds is 6. The van der Waals surface area contributed by atoms with Crippen molar-refractivity contribution >= 4 is 67.8 Å². The third-order valence-electron chi connectivity index (χ3n) is 4.97. The highest BCUT2D eigenvalue weighted by Crippen LogP contribution is 2.39. The molecule has 1 N–H and O–H groups in total. The monoisotopic (exact) mass is 527 g/mol. The number of sulfonamides is 1. The summed E-state index contributed by atoms with van der Waals surface area (Å²) in [6.07, 6.45) is 0.504. The summed E-state index contributed by atoms with van der Waals surface area (Å²) in [5.74, 6) is 0. The predicted octanol–water partition coefficient (Wildman–Crippen LogP) is 6.59. The van der Waals surface area contributed by atoms with E-state index in [0.29, 0.717) is 37.9 Å². The highest BCUT2D eigenvalue weighted by Gasteiger charge is 2.31. The molecule has 1 unspecified atom stereocenters. The molecule has 0 amide bonds. The Morgan fingerprint density at radius 1 is 0.875 bits per heavy atom. The largest absolute Gasteiger partial charge is 0.256 e. The van der Waals surface area contributed by atoms with Crippen LogP contribution >= 0.6 is 46.4 Å². The Balaban J connectivity index is 1.61. The van der Waals surface area contributed by atoms with Crippen LogP contribution in [0.5, 0.6) is 0 Å². The van der Waals surface area contributed by atoms with E-state index in [1.54, 1.807) is 35.3 Å². The van der Waals surface area contributed by atoms with Gasteiger partial charge in [0.2, 0.25) is 10.0 Å². The van der Waals surface area contributed by atoms with Crippen molar-refractivity contribution in [2.75, 3.05) is 11.6 Å². The molecule has 0 aromatic heterocycles. The Morgan fingerprint density at radius 3 is 2.09 bits per heavy atom. The van der Waals surface area contributed by atoms with Crippen LogP contribution in [0.2, 0.25) is 20.1 Å². The average molecular weight is 529 g/mol. The lowest BCUT2D eigenvalue weighted by Gasteiger charge is -2.25. The minimum absolute atomic E-state index is 0.0523. The fourth-order valence-corrected chi connectivity index (χ4v) is 5.15. The van der Waals surface area contributed by atoms with E-state index in [0.717, 1.165) is 5.56 Å². The molecule has 5 nitrogen and oxygen atoms in total. The van der Waals surface area contributed by atoms with Crippen molar-refractivity contribution in [2.45, 2.75) is 17.4 Å². The summed E-state index contributed by atoms with van der Waals surface area (Å²) >= 11 is 24.4. The molecular weight excluding hydrogens is 512 g/mol. The van der Waals surface area contributed by atoms with E-state index < -0.39 is 10.0 Å². The van der Waals surface area contributed by atoms with Crippen molar-refractivity contribution in [1.82, 2.24) is 4.72 Å². The van der Waals surface area contributed by atoms with E-state index in [9.17, 15) is 8.42 Å². The summed E-state index contributed by atoms with van der Waals surface area (Å²) in [6.45, 7) is 0.0523. The molecule has 3 aromatic carbocycles. The molecule has 1 aliphatic rings. The Labute approximate surface area is 206 Å². The van der Waals surface area contributed by atoms with Crippen LogP contribution in [0.1, 0.15) is 18.0 Å². The minimum atomic E-state index is -3.72. The number of benzene rings is 3. The molecular formula is C22H17Cl4N3O2S. The van der Waals surface area contributed by atoms with Gasteiger partial charge in [0.1, 0.15) is 0 Å². The van der Waals surface area contributed by atoms with Gasteiger partial charge in [-0.1, -0.05) is 58.5 Å². The normalized spacial score (nSPS) is 16.3. The molecule has 166 valence electrons. The highest BCUT2D eigenvalue weighted by molar-refractivity contribution is 7.89. The average Bonchev–Trinajstić information content (AvgIpc) is 3.17. The topological polar surface area (TPSA) is 61.8 Å². The number of anilines is 1. The molecule has 3 aromatic rings. The summed E-state index contributed by atoms with van der Waals surface area (Å²) in [7, 11) is -3.72. The fraction of sp³-hybridized carbons (Fsp3) is 0.136. The van der Waals surface area contributed by atoms with E-state index in [-0.39, 0.29) is 17.5 Å². The molecule has 0 saturated carbocycles. The minimum Gasteiger partial charge on any atom is -0.256 e. The second kappa shape index (κ2) is 9.59. The zero-order valence-corrected chi connectivity index (χ0v) is 20.3. The number of hydrogen-bond acceptors (Lipinski definition) is 4. The SMILES string of the molecule is O=S(=O)(NCC1=NN(c2ccc(Cl)cc2Cl)C(c2ccc(Cl)cc2)C1)c1ccc(Cl)cc1. The molecule has 0 saturated heterocycles. The Hall–Kier alpha value is -1.80. The smallest absolute Gasteiger partial charge is 0.240 e. The van der Waals surface area contributed by atoms with Gasteiger partial charge in [0.05, 0.1) is 33.9 Å². The van der Waals surface area contributed by atoms with Crippen molar-refractivity contribution in [3.8, 4) is 0 Å². The molecule has 1 heterocycles. The number of nitrogens with zero attached hydrogens (tertiary/aromatic N) is 2. The highest BCUT2D eigenvalue weighted by atomic mass is 35.5. The van der Waals surface area contributed by atoms with Crippen LogP contribution in [0, 0.1) is 0 Å². The summed E-state index contributed by atoms with van der Waals surface area (Å²) < 4.78 is 27.9. The van der Waals surface area contributed by atoms with Gasteiger partial charge in [-0.25, -0.2) is 13.1 Å². The van der Waals surface area contributed by atoms with E-state index in [1.807, 2.05) is 12.1 Å². The first kappa shape index (κ1) is 23.4. The number of hydrogen-bond donors (Lipinski definition) is 1. The maximum atomic E-state index is 12.7. The van der Waals surface area contributed by atoms with Gasteiger partial charge in [0.25, 0.3) is 0 Å². The van der Waals surface area contributed by atoms with Gasteiger partial charge >= 0.3 is 0 Å². The third kappa shape index (κ3) is 5.22. The van der Waals surface area contributed by atoms with Crippen LogP contribution in [-0.4, -0.2) is 20.7 Å². The number of nitrogens with one attached hydrogen (secondary N) is 1. The second-order valence-electron chi connectivity index (χ2n) is 7.16. The predicted molar refractivity (Wildman–Crippen MR) is 132 cm³/mol. The lowest BCUT2D eigenvalue weighted by molar-refractivity contribution is 0.586. The first-order valence-corrected chi connectivity index (χ1v) is 12.5. The number of hydrazone groups is 1. The van der Waals surface area contributed by atoms with Crippen molar-refractivity contribution in [2.24, 2.45) is 5.10 Å². The van der Waals surface area contributed by atoms with Gasteiger partial charge in [-0.05, 0) is 60.2 Å². The van der Waals surface area contributed by atoms with Crippen molar-refractivity contribution < 1.29 is 8.42 Å². The zero-order chi connectivity index (χ0) is 22.9. The van der Waals surface area contributed by atoms with Crippen LogP contribution in [-0.2, 0) is 10.0 Å². The van der Waals surface area contributed by atoms with E-state index in [1.165, 1.54) is 24.3 Å². The Kier molecular flexibility index (Phi) is 7.00. The van der Waals surface area contributed by atoms with Gasteiger partial charge < -0.3 is 0 Å². The van der Waals surface area contributed by atoms with Gasteiger partial charge in [-0.15, -0.1) is 0 Å². The zero-order valence-electron chi connectivity index (χ0n) is 16.5. The molecule has 10 heteroatoms. The molecule has 0 spiro atoms. The van der Waals surface area contributed by atoms with Gasteiger partial charge in [-0.2, -0.15) is 5.10 Å². The van der Waals surface area contributed by atoms with Crippen molar-refractivity contribution in [3.05, 3.63) is 92.4 Å². The lowest BCUT2D eigenvalue weighted by atomic mass is 10.0. The van der Waals surface area contributed by atoms with Crippen LogP contribution in [0.15, 0.2) is 76.7 Å². The standard InChI is InChI=1S/C22H17Cl4N3O2S/c23-15-3-1-14(2-4-15)22-12-18(28-29(22)21-10-7-17(25)11-20(21)26)13-27-32(30,31)19-8-5-16(24)6-9-19/h1-11,22,27H,12-13H2. The van der Waals surface area contributed by atoms with Crippen LogP contribution < -0.4 is 9.73 Å². The van der Waals surface area contributed by atoms with E-state index >= 15 is 0 Å². The van der Waals surface area contributed by atoms with Crippen molar-refractivity contribution in [1.29, 1.82) is 0 Å². The summed E-state index contributed by atoms with van der Waals surface area (Å²) in [5.41, 5.74) is 2.31. The quantitative estimate of drug-likeness (QED) is 0.392. The first-order chi connectivity index (χ1) is 15.2. The van der Waals surface area contributed by atoms with E-state index in [2.05, 4.69) is 9.82 Å². The molecule has 0 aliphatic carbocycles. The molecule has 1 aliphatic heterocycles. The molecule has 4 rings (SSSR count). The Morgan fingerprint density at radius 2 is 1.47 bits per heavy atom. The Bertz CT molecular complexity index is 1260. The molecule has 1 atom stereocenters. The van der Waals surface area contributed by atoms with Crippen LogP contribution in [0.4, 0.5) is 5.69 Å². The van der Waals surface area contributed by atoms with Gasteiger partial charge in [0.15, 0.2) is 0 Å². The molecule has 0 fully saturated rings. The molecule has 0 bridgehead atoms. The maximum absolute atomic E-state index is 12.7. The third-order valence-corrected chi connectivity index (χ3v) is 7.43. The summed E-state index contributed by atoms with van der Waals surface area (Å²) in [5, 5.41) is 8.52. The van der Waals surface area contributed by atoms with Gasteiger partial charge in [0, 0.05) is 21.5 Å². The first-order valence-electron chi connectivity index (χ1n) is 9.54. The molecule has 0 radical (unpaired) electrons. The van der Waals surface area contributed by atoms with Crippen LogP contribution in [0.25, 0.3) is 0 Å². The fourth-order valence-electron chi connectivity index (χ4n) is 3.39. The molecule has 32 heavy (non-hydrogen) atoms. The number of halogens is 4. The maximum Gasteiger partial charge on any atom is 0.240 e. The van der Waals surface area contributed by atoms with Crippen LogP contribution in [0.3, 0.4) is 0 Å². The van der Waals surface area contributed by atoms with Crippen molar-refractivity contribution in [3.63, 3.8) is 0 Å².